The first kappa shape index (κ1) is 12.7. The third-order valence-electron chi connectivity index (χ3n) is 4.77. The molecule has 2 aliphatic rings. The molecule has 19 heavy (non-hydrogen) atoms. The summed E-state index contributed by atoms with van der Waals surface area (Å²) in [7, 11) is 0. The van der Waals surface area contributed by atoms with Crippen LogP contribution < -0.4 is 0 Å². The molecule has 0 bridgehead atoms. The zero-order valence-corrected chi connectivity index (χ0v) is 11.6. The fraction of sp³-hybridized carbons (Fsp3) is 0.588. The van der Waals surface area contributed by atoms with E-state index in [0.717, 1.165) is 19.5 Å². The molecule has 1 saturated heterocycles. The van der Waals surface area contributed by atoms with Gasteiger partial charge in [-0.05, 0) is 30.7 Å². The van der Waals surface area contributed by atoms with Crippen molar-refractivity contribution in [3.63, 3.8) is 0 Å². The van der Waals surface area contributed by atoms with E-state index < -0.39 is 0 Å². The topological polar surface area (TPSA) is 20.3 Å². The molecule has 1 saturated carbocycles. The Morgan fingerprint density at radius 3 is 2.47 bits per heavy atom. The molecule has 1 aliphatic carbocycles. The van der Waals surface area contributed by atoms with Crippen molar-refractivity contribution in [1.29, 1.82) is 0 Å². The van der Waals surface area contributed by atoms with Gasteiger partial charge in [0.2, 0.25) is 5.91 Å². The SMILES string of the molecule is O=C1[C@H](C2CCCCC2)CCN1Cc1ccccc1. The minimum absolute atomic E-state index is 0.323. The van der Waals surface area contributed by atoms with Crippen LogP contribution in [0.4, 0.5) is 0 Å². The molecule has 1 aromatic carbocycles. The number of amides is 1. The molecule has 0 radical (unpaired) electrons. The fourth-order valence-electron chi connectivity index (χ4n) is 3.70. The van der Waals surface area contributed by atoms with Crippen molar-refractivity contribution < 1.29 is 4.79 Å². The summed E-state index contributed by atoms with van der Waals surface area (Å²) in [5, 5.41) is 0. The quantitative estimate of drug-likeness (QED) is 0.810. The molecular formula is C17H23NO. The molecule has 2 nitrogen and oxygen atoms in total. The Labute approximate surface area is 115 Å². The van der Waals surface area contributed by atoms with E-state index in [9.17, 15) is 4.79 Å². The van der Waals surface area contributed by atoms with E-state index in [1.807, 2.05) is 6.07 Å². The van der Waals surface area contributed by atoms with Gasteiger partial charge in [-0.1, -0.05) is 49.6 Å². The van der Waals surface area contributed by atoms with Crippen LogP contribution in [0.1, 0.15) is 44.1 Å². The van der Waals surface area contributed by atoms with Gasteiger partial charge < -0.3 is 4.90 Å². The molecule has 1 atom stereocenters. The molecule has 3 rings (SSSR count). The molecule has 1 amide bonds. The number of hydrogen-bond donors (Lipinski definition) is 0. The van der Waals surface area contributed by atoms with Crippen LogP contribution in [0.15, 0.2) is 30.3 Å². The highest BCUT2D eigenvalue weighted by Gasteiger charge is 2.37. The first-order chi connectivity index (χ1) is 9.34. The van der Waals surface area contributed by atoms with Crippen LogP contribution in [0.25, 0.3) is 0 Å². The summed E-state index contributed by atoms with van der Waals surface area (Å²) in [6, 6.07) is 10.4. The second-order valence-corrected chi connectivity index (χ2v) is 6.04. The molecule has 1 heterocycles. The summed E-state index contributed by atoms with van der Waals surface area (Å²) < 4.78 is 0. The highest BCUT2D eigenvalue weighted by Crippen LogP contribution is 2.36. The standard InChI is InChI=1S/C17H23NO/c19-17-16(15-9-5-2-6-10-15)11-12-18(17)13-14-7-3-1-4-8-14/h1,3-4,7-8,15-16H,2,5-6,9-13H2/t16-/m0/s1. The maximum atomic E-state index is 12.5. The monoisotopic (exact) mass is 257 g/mol. The van der Waals surface area contributed by atoms with E-state index in [4.69, 9.17) is 0 Å². The third kappa shape index (κ3) is 2.83. The first-order valence-corrected chi connectivity index (χ1v) is 7.67. The smallest absolute Gasteiger partial charge is 0.226 e. The van der Waals surface area contributed by atoms with E-state index in [2.05, 4.69) is 29.2 Å². The van der Waals surface area contributed by atoms with E-state index in [1.54, 1.807) is 0 Å². The second-order valence-electron chi connectivity index (χ2n) is 6.04. The van der Waals surface area contributed by atoms with Gasteiger partial charge in [-0.25, -0.2) is 0 Å². The number of benzene rings is 1. The van der Waals surface area contributed by atoms with Crippen LogP contribution in [0.2, 0.25) is 0 Å². The zero-order valence-electron chi connectivity index (χ0n) is 11.6. The lowest BCUT2D eigenvalue weighted by atomic mass is 9.79. The fourth-order valence-corrected chi connectivity index (χ4v) is 3.70. The van der Waals surface area contributed by atoms with Crippen molar-refractivity contribution in [2.45, 2.75) is 45.1 Å². The van der Waals surface area contributed by atoms with Gasteiger partial charge in [0.05, 0.1) is 0 Å². The predicted molar refractivity (Wildman–Crippen MR) is 76.5 cm³/mol. The van der Waals surface area contributed by atoms with Gasteiger partial charge in [0.25, 0.3) is 0 Å². The Balaban J connectivity index is 1.62. The lowest BCUT2D eigenvalue weighted by Gasteiger charge is -2.26. The Bertz CT molecular complexity index is 422. The van der Waals surface area contributed by atoms with E-state index >= 15 is 0 Å². The number of carbonyl (C=O) groups is 1. The van der Waals surface area contributed by atoms with Gasteiger partial charge in [-0.2, -0.15) is 0 Å². The largest absolute Gasteiger partial charge is 0.338 e. The Morgan fingerprint density at radius 1 is 1.00 bits per heavy atom. The first-order valence-electron chi connectivity index (χ1n) is 7.67. The molecule has 0 N–H and O–H groups in total. The van der Waals surface area contributed by atoms with E-state index in [-0.39, 0.29) is 0 Å². The van der Waals surface area contributed by atoms with Gasteiger partial charge in [0.1, 0.15) is 0 Å². The molecule has 0 spiro atoms. The second kappa shape index (κ2) is 5.77. The minimum atomic E-state index is 0.323. The van der Waals surface area contributed by atoms with Crippen LogP contribution in [0.5, 0.6) is 0 Å². The number of likely N-dealkylation sites (tertiary alicyclic amines) is 1. The average Bonchev–Trinajstić information content (AvgIpc) is 2.82. The third-order valence-corrected chi connectivity index (χ3v) is 4.77. The van der Waals surface area contributed by atoms with Crippen LogP contribution >= 0.6 is 0 Å². The molecule has 0 aromatic heterocycles. The predicted octanol–water partition coefficient (Wildman–Crippen LogP) is 3.62. The van der Waals surface area contributed by atoms with E-state index in [0.29, 0.717) is 17.7 Å². The lowest BCUT2D eigenvalue weighted by molar-refractivity contribution is -0.133. The normalized spacial score (nSPS) is 24.9. The Hall–Kier alpha value is -1.31. The van der Waals surface area contributed by atoms with Crippen molar-refractivity contribution in [1.82, 2.24) is 4.90 Å². The summed E-state index contributed by atoms with van der Waals surface area (Å²) >= 11 is 0. The van der Waals surface area contributed by atoms with E-state index in [1.165, 1.54) is 37.7 Å². The van der Waals surface area contributed by atoms with Gasteiger partial charge in [-0.15, -0.1) is 0 Å². The molecule has 1 aliphatic heterocycles. The van der Waals surface area contributed by atoms with Gasteiger partial charge in [-0.3, -0.25) is 4.79 Å². The number of carbonyl (C=O) groups excluding carboxylic acids is 1. The van der Waals surface area contributed by atoms with Crippen molar-refractivity contribution in [3.05, 3.63) is 35.9 Å². The molecule has 1 aromatic rings. The summed E-state index contributed by atoms with van der Waals surface area (Å²) in [5.74, 6) is 1.40. The summed E-state index contributed by atoms with van der Waals surface area (Å²) in [4.78, 5) is 14.6. The summed E-state index contributed by atoms with van der Waals surface area (Å²) in [5.41, 5.74) is 1.25. The van der Waals surface area contributed by atoms with Gasteiger partial charge in [0, 0.05) is 19.0 Å². The van der Waals surface area contributed by atoms with Gasteiger partial charge >= 0.3 is 0 Å². The zero-order chi connectivity index (χ0) is 13.1. The van der Waals surface area contributed by atoms with Crippen LogP contribution in [0, 0.1) is 11.8 Å². The average molecular weight is 257 g/mol. The maximum absolute atomic E-state index is 12.5. The molecule has 2 fully saturated rings. The number of rotatable bonds is 3. The highest BCUT2D eigenvalue weighted by molar-refractivity contribution is 5.81. The Kier molecular flexibility index (Phi) is 3.86. The summed E-state index contributed by atoms with van der Waals surface area (Å²) in [6.07, 6.45) is 7.65. The van der Waals surface area contributed by atoms with Gasteiger partial charge in [0.15, 0.2) is 0 Å². The Morgan fingerprint density at radius 2 is 1.74 bits per heavy atom. The van der Waals surface area contributed by atoms with Crippen molar-refractivity contribution in [2.24, 2.45) is 11.8 Å². The molecule has 0 unspecified atom stereocenters. The highest BCUT2D eigenvalue weighted by atomic mass is 16.2. The van der Waals surface area contributed by atoms with Crippen molar-refractivity contribution in [2.75, 3.05) is 6.54 Å². The van der Waals surface area contributed by atoms with Crippen LogP contribution in [-0.4, -0.2) is 17.4 Å². The maximum Gasteiger partial charge on any atom is 0.226 e. The molecule has 102 valence electrons. The molecule has 2 heteroatoms. The number of hydrogen-bond acceptors (Lipinski definition) is 1. The van der Waals surface area contributed by atoms with Crippen molar-refractivity contribution >= 4 is 5.91 Å². The number of nitrogens with zero attached hydrogens (tertiary/aromatic N) is 1. The van der Waals surface area contributed by atoms with Crippen LogP contribution in [0.3, 0.4) is 0 Å². The van der Waals surface area contributed by atoms with Crippen molar-refractivity contribution in [3.8, 4) is 0 Å². The minimum Gasteiger partial charge on any atom is -0.338 e. The lowest BCUT2D eigenvalue weighted by Crippen LogP contribution is -2.30. The summed E-state index contributed by atoms with van der Waals surface area (Å²) in [6.45, 7) is 1.75. The molecular weight excluding hydrogens is 234 g/mol. The van der Waals surface area contributed by atoms with Crippen LogP contribution in [-0.2, 0) is 11.3 Å².